The van der Waals surface area contributed by atoms with Gasteiger partial charge in [0.1, 0.15) is 0 Å². The first-order valence-corrected chi connectivity index (χ1v) is 8.76. The fourth-order valence-electron chi connectivity index (χ4n) is 2.77. The predicted octanol–water partition coefficient (Wildman–Crippen LogP) is 2.88. The van der Waals surface area contributed by atoms with Crippen LogP contribution in [0.25, 0.3) is 0 Å². The van der Waals surface area contributed by atoms with Crippen molar-refractivity contribution in [1.82, 2.24) is 4.31 Å². The van der Waals surface area contributed by atoms with Crippen molar-refractivity contribution in [2.75, 3.05) is 6.54 Å². The van der Waals surface area contributed by atoms with Gasteiger partial charge in [0, 0.05) is 13.1 Å². The van der Waals surface area contributed by atoms with E-state index in [2.05, 4.69) is 6.07 Å². The van der Waals surface area contributed by atoms with Crippen LogP contribution in [-0.2, 0) is 28.7 Å². The average Bonchev–Trinajstić information content (AvgIpc) is 2.49. The zero-order valence-electron chi connectivity index (χ0n) is 12.1. The Labute approximate surface area is 126 Å². The van der Waals surface area contributed by atoms with Crippen LogP contribution in [0.2, 0.25) is 0 Å². The number of sulfonamides is 1. The summed E-state index contributed by atoms with van der Waals surface area (Å²) in [6.45, 7) is 3.02. The smallest absolute Gasteiger partial charge is 0.212 e. The Morgan fingerprint density at radius 2 is 1.67 bits per heavy atom. The highest BCUT2D eigenvalue weighted by Crippen LogP contribution is 2.23. The van der Waals surface area contributed by atoms with E-state index in [1.807, 2.05) is 49.4 Å². The van der Waals surface area contributed by atoms with Crippen LogP contribution in [0.3, 0.4) is 0 Å². The van der Waals surface area contributed by atoms with Gasteiger partial charge in [-0.05, 0) is 35.6 Å². The molecule has 0 saturated heterocycles. The topological polar surface area (TPSA) is 37.4 Å². The molecule has 0 N–H and O–H groups in total. The molecule has 1 heterocycles. The molecular weight excluding hydrogens is 282 g/mol. The van der Waals surface area contributed by atoms with Crippen LogP contribution in [0.5, 0.6) is 0 Å². The van der Waals surface area contributed by atoms with Crippen molar-refractivity contribution >= 4 is 10.0 Å². The Balaban J connectivity index is 1.82. The van der Waals surface area contributed by atoms with E-state index >= 15 is 0 Å². The molecule has 1 aliphatic rings. The van der Waals surface area contributed by atoms with Gasteiger partial charge in [0.2, 0.25) is 10.0 Å². The normalized spacial score (nSPS) is 15.7. The first-order chi connectivity index (χ1) is 10.1. The lowest BCUT2D eigenvalue weighted by molar-refractivity contribution is 0.390. The molecule has 0 amide bonds. The Morgan fingerprint density at radius 3 is 2.43 bits per heavy atom. The minimum absolute atomic E-state index is 0.0852. The molecule has 0 aromatic heterocycles. The predicted molar refractivity (Wildman–Crippen MR) is 84.4 cm³/mol. The maximum absolute atomic E-state index is 12.6. The molecule has 3 rings (SSSR count). The second kappa shape index (κ2) is 5.62. The van der Waals surface area contributed by atoms with Crippen LogP contribution >= 0.6 is 0 Å². The number of hydrogen-bond donors (Lipinski definition) is 0. The lowest BCUT2D eigenvalue weighted by Crippen LogP contribution is -2.36. The summed E-state index contributed by atoms with van der Waals surface area (Å²) in [5.74, 6) is 0.0852. The number of aryl methyl sites for hydroxylation is 1. The SMILES string of the molecule is Cc1ccccc1CS(=O)(=O)N1CCc2ccccc2C1. The summed E-state index contributed by atoms with van der Waals surface area (Å²) in [7, 11) is -3.27. The van der Waals surface area contributed by atoms with Gasteiger partial charge >= 0.3 is 0 Å². The van der Waals surface area contributed by atoms with Crippen molar-refractivity contribution in [3.63, 3.8) is 0 Å². The van der Waals surface area contributed by atoms with E-state index in [-0.39, 0.29) is 5.75 Å². The second-order valence-corrected chi connectivity index (χ2v) is 7.50. The lowest BCUT2D eigenvalue weighted by Gasteiger charge is -2.28. The summed E-state index contributed by atoms with van der Waals surface area (Å²) in [6, 6.07) is 15.8. The first-order valence-electron chi connectivity index (χ1n) is 7.15. The maximum Gasteiger partial charge on any atom is 0.218 e. The summed E-state index contributed by atoms with van der Waals surface area (Å²) in [4.78, 5) is 0. The van der Waals surface area contributed by atoms with E-state index in [0.717, 1.165) is 23.1 Å². The van der Waals surface area contributed by atoms with Gasteiger partial charge in [0.05, 0.1) is 5.75 Å². The van der Waals surface area contributed by atoms with Gasteiger partial charge in [-0.15, -0.1) is 0 Å². The van der Waals surface area contributed by atoms with E-state index in [1.165, 1.54) is 5.56 Å². The van der Waals surface area contributed by atoms with Crippen LogP contribution in [0.1, 0.15) is 22.3 Å². The molecule has 1 aliphatic heterocycles. The molecule has 0 bridgehead atoms. The Bertz CT molecular complexity index is 753. The Hall–Kier alpha value is -1.65. The monoisotopic (exact) mass is 301 g/mol. The highest BCUT2D eigenvalue weighted by atomic mass is 32.2. The standard InChI is InChI=1S/C17H19NO2S/c1-14-6-2-3-9-17(14)13-21(19,20)18-11-10-15-7-4-5-8-16(15)12-18/h2-9H,10-13H2,1H3. The van der Waals surface area contributed by atoms with E-state index in [0.29, 0.717) is 13.1 Å². The molecule has 0 radical (unpaired) electrons. The molecule has 2 aromatic rings. The molecule has 2 aromatic carbocycles. The van der Waals surface area contributed by atoms with Gasteiger partial charge in [-0.2, -0.15) is 4.31 Å². The minimum Gasteiger partial charge on any atom is -0.212 e. The van der Waals surface area contributed by atoms with Gasteiger partial charge in [-0.1, -0.05) is 48.5 Å². The molecule has 4 heteroatoms. The average molecular weight is 301 g/mol. The minimum atomic E-state index is -3.27. The third-order valence-electron chi connectivity index (χ3n) is 4.09. The molecule has 0 spiro atoms. The zero-order chi connectivity index (χ0) is 14.9. The third kappa shape index (κ3) is 3.01. The first kappa shape index (κ1) is 14.3. The highest BCUT2D eigenvalue weighted by Gasteiger charge is 2.26. The quantitative estimate of drug-likeness (QED) is 0.874. The van der Waals surface area contributed by atoms with Crippen molar-refractivity contribution in [2.24, 2.45) is 0 Å². The van der Waals surface area contributed by atoms with E-state index in [1.54, 1.807) is 4.31 Å². The molecular formula is C17H19NO2S. The number of hydrogen-bond acceptors (Lipinski definition) is 2. The highest BCUT2D eigenvalue weighted by molar-refractivity contribution is 7.88. The van der Waals surface area contributed by atoms with Crippen molar-refractivity contribution in [2.45, 2.75) is 25.6 Å². The fraction of sp³-hybridized carbons (Fsp3) is 0.294. The molecule has 0 fully saturated rings. The number of benzene rings is 2. The summed E-state index contributed by atoms with van der Waals surface area (Å²) < 4.78 is 26.9. The van der Waals surface area contributed by atoms with E-state index in [4.69, 9.17) is 0 Å². The van der Waals surface area contributed by atoms with Gasteiger partial charge in [0.15, 0.2) is 0 Å². The molecule has 21 heavy (non-hydrogen) atoms. The fourth-order valence-corrected chi connectivity index (χ4v) is 4.37. The summed E-state index contributed by atoms with van der Waals surface area (Å²) >= 11 is 0. The van der Waals surface area contributed by atoms with Crippen molar-refractivity contribution in [1.29, 1.82) is 0 Å². The molecule has 0 aliphatic carbocycles. The van der Waals surface area contributed by atoms with Crippen LogP contribution in [-0.4, -0.2) is 19.3 Å². The number of nitrogens with zero attached hydrogens (tertiary/aromatic N) is 1. The van der Waals surface area contributed by atoms with Crippen LogP contribution < -0.4 is 0 Å². The van der Waals surface area contributed by atoms with Crippen LogP contribution in [0, 0.1) is 6.92 Å². The number of fused-ring (bicyclic) bond motifs is 1. The van der Waals surface area contributed by atoms with E-state index in [9.17, 15) is 8.42 Å². The van der Waals surface area contributed by atoms with Crippen molar-refractivity contribution in [3.05, 3.63) is 70.8 Å². The maximum atomic E-state index is 12.6. The van der Waals surface area contributed by atoms with Crippen molar-refractivity contribution < 1.29 is 8.42 Å². The van der Waals surface area contributed by atoms with Crippen LogP contribution in [0.15, 0.2) is 48.5 Å². The molecule has 0 unspecified atom stereocenters. The third-order valence-corrected chi connectivity index (χ3v) is 5.86. The second-order valence-electron chi connectivity index (χ2n) is 5.53. The van der Waals surface area contributed by atoms with Gasteiger partial charge in [0.25, 0.3) is 0 Å². The molecule has 3 nitrogen and oxygen atoms in total. The van der Waals surface area contributed by atoms with Gasteiger partial charge < -0.3 is 0 Å². The zero-order valence-corrected chi connectivity index (χ0v) is 12.9. The number of rotatable bonds is 3. The molecule has 0 saturated carbocycles. The molecule has 0 atom stereocenters. The van der Waals surface area contributed by atoms with Gasteiger partial charge in [-0.25, -0.2) is 8.42 Å². The van der Waals surface area contributed by atoms with Crippen molar-refractivity contribution in [3.8, 4) is 0 Å². The largest absolute Gasteiger partial charge is 0.218 e. The Morgan fingerprint density at radius 1 is 1.00 bits per heavy atom. The summed E-state index contributed by atoms with van der Waals surface area (Å²) in [5, 5.41) is 0. The van der Waals surface area contributed by atoms with Crippen LogP contribution in [0.4, 0.5) is 0 Å². The Kier molecular flexibility index (Phi) is 3.83. The molecule has 110 valence electrons. The van der Waals surface area contributed by atoms with E-state index < -0.39 is 10.0 Å². The lowest BCUT2D eigenvalue weighted by atomic mass is 10.0. The summed E-state index contributed by atoms with van der Waals surface area (Å²) in [5.41, 5.74) is 4.30. The van der Waals surface area contributed by atoms with Gasteiger partial charge in [-0.3, -0.25) is 0 Å². The summed E-state index contributed by atoms with van der Waals surface area (Å²) in [6.07, 6.45) is 0.795.